The summed E-state index contributed by atoms with van der Waals surface area (Å²) in [5.74, 6) is 0.0909. The number of hydrogen-bond donors (Lipinski definition) is 3. The Kier molecular flexibility index (Phi) is 7.57. The van der Waals surface area contributed by atoms with Gasteiger partial charge in [0.25, 0.3) is 0 Å². The molecule has 0 aromatic carbocycles. The van der Waals surface area contributed by atoms with E-state index in [1.54, 1.807) is 32.9 Å². The largest absolute Gasteiger partial charge is 0.465 e. The molecule has 0 aliphatic heterocycles. The number of amides is 1. The van der Waals surface area contributed by atoms with Gasteiger partial charge < -0.3 is 20.1 Å². The van der Waals surface area contributed by atoms with E-state index in [1.165, 1.54) is 13.3 Å². The molecular formula is C16H23N3O4S. The third-order valence-corrected chi connectivity index (χ3v) is 2.95. The molecule has 0 saturated heterocycles. The van der Waals surface area contributed by atoms with Crippen molar-refractivity contribution in [2.24, 2.45) is 0 Å². The minimum absolute atomic E-state index is 0.338. The van der Waals surface area contributed by atoms with Gasteiger partial charge in [-0.2, -0.15) is 0 Å². The first-order valence-electron chi connectivity index (χ1n) is 7.36. The summed E-state index contributed by atoms with van der Waals surface area (Å²) in [5, 5.41) is 5.67. The second-order valence-electron chi connectivity index (χ2n) is 5.82. The van der Waals surface area contributed by atoms with Crippen molar-refractivity contribution in [2.45, 2.75) is 31.3 Å². The van der Waals surface area contributed by atoms with Crippen LogP contribution >= 0.6 is 12.6 Å². The zero-order chi connectivity index (χ0) is 18.2. The number of alkyl carbamates (subject to hydrolysis) is 1. The predicted molar refractivity (Wildman–Crippen MR) is 94.7 cm³/mol. The van der Waals surface area contributed by atoms with Gasteiger partial charge in [-0.05, 0) is 26.8 Å². The van der Waals surface area contributed by atoms with Crippen LogP contribution in [-0.4, -0.2) is 42.8 Å². The van der Waals surface area contributed by atoms with Gasteiger partial charge in [0.2, 0.25) is 0 Å². The molecule has 0 saturated carbocycles. The Morgan fingerprint density at radius 3 is 2.54 bits per heavy atom. The fraction of sp³-hybridized carbons (Fsp3) is 0.438. The molecule has 0 atom stereocenters. The highest BCUT2D eigenvalue weighted by Crippen LogP contribution is 2.18. The number of ether oxygens (including phenoxy) is 2. The van der Waals surface area contributed by atoms with Crippen LogP contribution in [0, 0.1) is 0 Å². The van der Waals surface area contributed by atoms with Crippen LogP contribution in [0.1, 0.15) is 31.1 Å². The molecule has 24 heavy (non-hydrogen) atoms. The lowest BCUT2D eigenvalue weighted by molar-refractivity contribution is 0.0532. The zero-order valence-electron chi connectivity index (χ0n) is 14.3. The van der Waals surface area contributed by atoms with Crippen LogP contribution in [0.15, 0.2) is 29.3 Å². The molecule has 0 spiro atoms. The average molecular weight is 353 g/mol. The molecule has 0 fully saturated rings. The van der Waals surface area contributed by atoms with Crippen LogP contribution in [0.4, 0.5) is 10.6 Å². The van der Waals surface area contributed by atoms with E-state index in [2.05, 4.69) is 33.0 Å². The van der Waals surface area contributed by atoms with E-state index < -0.39 is 17.7 Å². The van der Waals surface area contributed by atoms with Gasteiger partial charge in [0.15, 0.2) is 0 Å². The fourth-order valence-electron chi connectivity index (χ4n) is 1.60. The van der Waals surface area contributed by atoms with Crippen LogP contribution in [0.3, 0.4) is 0 Å². The SMILES string of the molecule is COC(=O)c1cnc(NCC=CCNC(=O)OC(C)(C)C)c(S)c1. The third-order valence-electron chi connectivity index (χ3n) is 2.61. The minimum atomic E-state index is -0.514. The summed E-state index contributed by atoms with van der Waals surface area (Å²) >= 11 is 4.28. The van der Waals surface area contributed by atoms with Crippen molar-refractivity contribution in [3.05, 3.63) is 30.0 Å². The molecule has 1 aromatic heterocycles. The van der Waals surface area contributed by atoms with Gasteiger partial charge >= 0.3 is 12.1 Å². The van der Waals surface area contributed by atoms with E-state index in [9.17, 15) is 9.59 Å². The summed E-state index contributed by atoms with van der Waals surface area (Å²) in [4.78, 5) is 27.5. The molecular weight excluding hydrogens is 330 g/mol. The lowest BCUT2D eigenvalue weighted by Crippen LogP contribution is -2.32. The van der Waals surface area contributed by atoms with Crippen molar-refractivity contribution in [3.63, 3.8) is 0 Å². The molecule has 2 N–H and O–H groups in total. The molecule has 0 radical (unpaired) electrons. The molecule has 1 amide bonds. The highest BCUT2D eigenvalue weighted by molar-refractivity contribution is 7.80. The second kappa shape index (κ2) is 9.17. The van der Waals surface area contributed by atoms with E-state index in [4.69, 9.17) is 4.74 Å². The van der Waals surface area contributed by atoms with Gasteiger partial charge in [-0.1, -0.05) is 12.2 Å². The Labute approximate surface area is 147 Å². The first-order valence-corrected chi connectivity index (χ1v) is 7.80. The first kappa shape index (κ1) is 19.8. The van der Waals surface area contributed by atoms with Gasteiger partial charge in [-0.15, -0.1) is 12.6 Å². The summed E-state index contributed by atoms with van der Waals surface area (Å²) in [6, 6.07) is 1.58. The van der Waals surface area contributed by atoms with Gasteiger partial charge in [0.1, 0.15) is 11.4 Å². The number of thiol groups is 1. The van der Waals surface area contributed by atoms with Gasteiger partial charge in [-0.3, -0.25) is 0 Å². The zero-order valence-corrected chi connectivity index (χ0v) is 15.1. The Morgan fingerprint density at radius 1 is 1.29 bits per heavy atom. The molecule has 1 heterocycles. The number of esters is 1. The Hall–Kier alpha value is -2.22. The molecule has 0 aliphatic carbocycles. The number of carbonyl (C=O) groups excluding carboxylic acids is 2. The number of hydrogen-bond acceptors (Lipinski definition) is 7. The molecule has 1 aromatic rings. The Bertz CT molecular complexity index is 612. The number of nitrogens with one attached hydrogen (secondary N) is 2. The number of nitrogens with zero attached hydrogens (tertiary/aromatic N) is 1. The van der Waals surface area contributed by atoms with E-state index in [0.717, 1.165) is 0 Å². The normalized spacial score (nSPS) is 11.2. The summed E-state index contributed by atoms with van der Waals surface area (Å²) in [7, 11) is 1.31. The molecule has 0 unspecified atom stereocenters. The van der Waals surface area contributed by atoms with Crippen LogP contribution < -0.4 is 10.6 Å². The number of aromatic nitrogens is 1. The maximum Gasteiger partial charge on any atom is 0.407 e. The second-order valence-corrected chi connectivity index (χ2v) is 6.30. The van der Waals surface area contributed by atoms with Crippen LogP contribution in [0.25, 0.3) is 0 Å². The van der Waals surface area contributed by atoms with Gasteiger partial charge in [0.05, 0.1) is 12.7 Å². The molecule has 8 heteroatoms. The van der Waals surface area contributed by atoms with Crippen molar-refractivity contribution in [1.82, 2.24) is 10.3 Å². The van der Waals surface area contributed by atoms with E-state index >= 15 is 0 Å². The first-order chi connectivity index (χ1) is 11.2. The van der Waals surface area contributed by atoms with Crippen molar-refractivity contribution in [2.75, 3.05) is 25.5 Å². The average Bonchev–Trinajstić information content (AvgIpc) is 2.49. The molecule has 7 nitrogen and oxygen atoms in total. The molecule has 132 valence electrons. The lowest BCUT2D eigenvalue weighted by atomic mass is 10.2. The predicted octanol–water partition coefficient (Wildman–Crippen LogP) is 2.65. The maximum atomic E-state index is 11.4. The van der Waals surface area contributed by atoms with Gasteiger partial charge in [-0.25, -0.2) is 14.6 Å². The summed E-state index contributed by atoms with van der Waals surface area (Å²) in [6.07, 6.45) is 4.58. The molecule has 0 aliphatic rings. The Balaban J connectivity index is 2.37. The third kappa shape index (κ3) is 7.36. The quantitative estimate of drug-likeness (QED) is 0.414. The fourth-order valence-corrected chi connectivity index (χ4v) is 1.87. The summed E-state index contributed by atoms with van der Waals surface area (Å²) < 4.78 is 9.73. The summed E-state index contributed by atoms with van der Waals surface area (Å²) in [6.45, 7) is 6.27. The highest BCUT2D eigenvalue weighted by atomic mass is 32.1. The smallest absolute Gasteiger partial charge is 0.407 e. The standard InChI is InChI=1S/C16H23N3O4S/c1-16(2,3)23-15(21)18-8-6-5-7-17-13-12(24)9-11(10-19-13)14(20)22-4/h5-6,9-10,24H,7-8H2,1-4H3,(H,17,19)(H,18,21). The number of carbonyl (C=O) groups is 2. The molecule has 1 rings (SSSR count). The van der Waals surface area contributed by atoms with Crippen molar-refractivity contribution in [1.29, 1.82) is 0 Å². The lowest BCUT2D eigenvalue weighted by Gasteiger charge is -2.19. The van der Waals surface area contributed by atoms with Crippen LogP contribution in [-0.2, 0) is 9.47 Å². The van der Waals surface area contributed by atoms with Crippen LogP contribution in [0.2, 0.25) is 0 Å². The van der Waals surface area contributed by atoms with E-state index in [0.29, 0.717) is 29.4 Å². The number of methoxy groups -OCH3 is 1. The van der Waals surface area contributed by atoms with Crippen molar-refractivity contribution >= 4 is 30.5 Å². The number of rotatable bonds is 6. The van der Waals surface area contributed by atoms with Crippen molar-refractivity contribution < 1.29 is 19.1 Å². The van der Waals surface area contributed by atoms with Crippen LogP contribution in [0.5, 0.6) is 0 Å². The number of anilines is 1. The molecule has 0 bridgehead atoms. The Morgan fingerprint density at radius 2 is 1.96 bits per heavy atom. The topological polar surface area (TPSA) is 89.5 Å². The highest BCUT2D eigenvalue weighted by Gasteiger charge is 2.15. The van der Waals surface area contributed by atoms with E-state index in [1.807, 2.05) is 6.08 Å². The monoisotopic (exact) mass is 353 g/mol. The van der Waals surface area contributed by atoms with Crippen molar-refractivity contribution in [3.8, 4) is 0 Å². The van der Waals surface area contributed by atoms with Gasteiger partial charge in [0, 0.05) is 24.2 Å². The maximum absolute atomic E-state index is 11.4. The summed E-state index contributed by atoms with van der Waals surface area (Å²) in [5.41, 5.74) is -0.175. The number of pyridine rings is 1. The minimum Gasteiger partial charge on any atom is -0.465 e. The van der Waals surface area contributed by atoms with E-state index in [-0.39, 0.29) is 0 Å².